The normalized spacial score (nSPS) is 17.1. The summed E-state index contributed by atoms with van der Waals surface area (Å²) in [6.07, 6.45) is 4.62. The average molecular weight is 289 g/mol. The molecule has 0 aromatic carbocycles. The molecule has 0 spiro atoms. The maximum atomic E-state index is 12.3. The van der Waals surface area contributed by atoms with Gasteiger partial charge >= 0.3 is 0 Å². The fourth-order valence-corrected chi connectivity index (χ4v) is 3.34. The summed E-state index contributed by atoms with van der Waals surface area (Å²) in [4.78, 5) is 21.1. The van der Waals surface area contributed by atoms with Gasteiger partial charge in [0, 0.05) is 50.0 Å². The smallest absolute Gasteiger partial charge is 0.255 e. The van der Waals surface area contributed by atoms with Crippen molar-refractivity contribution in [2.75, 3.05) is 26.2 Å². The molecule has 20 heavy (non-hydrogen) atoms. The molecule has 5 heteroatoms. The number of amides is 1. The van der Waals surface area contributed by atoms with Crippen LogP contribution in [0.5, 0.6) is 0 Å². The van der Waals surface area contributed by atoms with E-state index in [9.17, 15) is 4.79 Å². The second-order valence-corrected chi connectivity index (χ2v) is 6.13. The highest BCUT2D eigenvalue weighted by Gasteiger charge is 2.20. The summed E-state index contributed by atoms with van der Waals surface area (Å²) in [6.45, 7) is 4.69. The zero-order chi connectivity index (χ0) is 13.8. The number of aromatic nitrogens is 1. The van der Waals surface area contributed by atoms with Gasteiger partial charge in [-0.1, -0.05) is 6.07 Å². The molecule has 0 saturated carbocycles. The van der Waals surface area contributed by atoms with E-state index in [2.05, 4.69) is 27.4 Å². The first kappa shape index (κ1) is 13.4. The molecule has 0 atom stereocenters. The minimum atomic E-state index is 0.143. The van der Waals surface area contributed by atoms with Crippen molar-refractivity contribution in [3.8, 4) is 0 Å². The Labute approximate surface area is 123 Å². The molecular formula is C15H19N3OS. The second-order valence-electron chi connectivity index (χ2n) is 5.10. The molecular weight excluding hydrogens is 270 g/mol. The Kier molecular flexibility index (Phi) is 4.18. The van der Waals surface area contributed by atoms with Crippen LogP contribution in [0, 0.1) is 0 Å². The zero-order valence-corrected chi connectivity index (χ0v) is 12.2. The van der Waals surface area contributed by atoms with Crippen molar-refractivity contribution in [1.29, 1.82) is 0 Å². The fourth-order valence-electron chi connectivity index (χ4n) is 2.59. The average Bonchev–Trinajstić information content (AvgIpc) is 3.10. The van der Waals surface area contributed by atoms with Gasteiger partial charge in [0.05, 0.1) is 5.56 Å². The van der Waals surface area contributed by atoms with Gasteiger partial charge in [-0.15, -0.1) is 11.3 Å². The van der Waals surface area contributed by atoms with Crippen LogP contribution in [0.3, 0.4) is 0 Å². The van der Waals surface area contributed by atoms with E-state index in [0.717, 1.165) is 44.7 Å². The predicted octanol–water partition coefficient (Wildman–Crippen LogP) is 2.42. The molecule has 0 aliphatic carbocycles. The summed E-state index contributed by atoms with van der Waals surface area (Å²) in [7, 11) is 0. The lowest BCUT2D eigenvalue weighted by atomic mass is 10.3. The number of aromatic amines is 1. The van der Waals surface area contributed by atoms with Crippen molar-refractivity contribution < 1.29 is 4.79 Å². The van der Waals surface area contributed by atoms with Crippen LogP contribution in [0.1, 0.15) is 21.7 Å². The van der Waals surface area contributed by atoms with Gasteiger partial charge in [-0.05, 0) is 23.9 Å². The summed E-state index contributed by atoms with van der Waals surface area (Å²) >= 11 is 1.80. The first-order valence-corrected chi connectivity index (χ1v) is 7.88. The highest BCUT2D eigenvalue weighted by Crippen LogP contribution is 2.14. The summed E-state index contributed by atoms with van der Waals surface area (Å²) in [6, 6.07) is 6.12. The monoisotopic (exact) mass is 289 g/mol. The molecule has 4 nitrogen and oxygen atoms in total. The molecule has 3 rings (SSSR count). The fraction of sp³-hybridized carbons (Fsp3) is 0.400. The van der Waals surface area contributed by atoms with Crippen molar-refractivity contribution in [1.82, 2.24) is 14.8 Å². The molecule has 3 heterocycles. The molecule has 1 aliphatic rings. The molecule has 1 fully saturated rings. The maximum Gasteiger partial charge on any atom is 0.255 e. The largest absolute Gasteiger partial charge is 0.367 e. The van der Waals surface area contributed by atoms with Gasteiger partial charge in [-0.25, -0.2) is 0 Å². The van der Waals surface area contributed by atoms with E-state index in [4.69, 9.17) is 0 Å². The van der Waals surface area contributed by atoms with Crippen LogP contribution in [-0.4, -0.2) is 46.9 Å². The Hall–Kier alpha value is -1.59. The van der Waals surface area contributed by atoms with Crippen LogP contribution < -0.4 is 0 Å². The molecule has 1 saturated heterocycles. The minimum Gasteiger partial charge on any atom is -0.367 e. The maximum absolute atomic E-state index is 12.3. The number of H-pyrrole nitrogens is 1. The molecule has 1 amide bonds. The summed E-state index contributed by atoms with van der Waals surface area (Å²) < 4.78 is 0. The number of carbonyl (C=O) groups is 1. The van der Waals surface area contributed by atoms with Gasteiger partial charge < -0.3 is 9.88 Å². The number of nitrogens with zero attached hydrogens (tertiary/aromatic N) is 2. The first-order valence-electron chi connectivity index (χ1n) is 7.00. The third-order valence-electron chi connectivity index (χ3n) is 3.68. The molecule has 0 bridgehead atoms. The zero-order valence-electron chi connectivity index (χ0n) is 11.4. The number of thiophene rings is 1. The highest BCUT2D eigenvalue weighted by molar-refractivity contribution is 7.09. The number of rotatable bonds is 3. The highest BCUT2D eigenvalue weighted by atomic mass is 32.1. The van der Waals surface area contributed by atoms with Crippen molar-refractivity contribution >= 4 is 17.2 Å². The molecule has 1 aliphatic heterocycles. The van der Waals surface area contributed by atoms with Crippen LogP contribution in [0.15, 0.2) is 36.0 Å². The minimum absolute atomic E-state index is 0.143. The van der Waals surface area contributed by atoms with Crippen molar-refractivity contribution in [3.05, 3.63) is 46.4 Å². The Morgan fingerprint density at radius 2 is 2.20 bits per heavy atom. The van der Waals surface area contributed by atoms with Crippen molar-refractivity contribution in [3.63, 3.8) is 0 Å². The van der Waals surface area contributed by atoms with Crippen LogP contribution in [-0.2, 0) is 6.54 Å². The van der Waals surface area contributed by atoms with Crippen LogP contribution >= 0.6 is 11.3 Å². The lowest BCUT2D eigenvalue weighted by Gasteiger charge is -2.21. The summed E-state index contributed by atoms with van der Waals surface area (Å²) in [5.41, 5.74) is 0.761. The number of hydrogen-bond acceptors (Lipinski definition) is 3. The third-order valence-corrected chi connectivity index (χ3v) is 4.54. The van der Waals surface area contributed by atoms with Crippen molar-refractivity contribution in [2.45, 2.75) is 13.0 Å². The van der Waals surface area contributed by atoms with E-state index in [0.29, 0.717) is 0 Å². The van der Waals surface area contributed by atoms with Gasteiger partial charge in [-0.2, -0.15) is 0 Å². The third kappa shape index (κ3) is 3.11. The van der Waals surface area contributed by atoms with Gasteiger partial charge in [0.1, 0.15) is 0 Å². The van der Waals surface area contributed by atoms with E-state index in [-0.39, 0.29) is 5.91 Å². The van der Waals surface area contributed by atoms with Gasteiger partial charge in [0.15, 0.2) is 0 Å². The second kappa shape index (κ2) is 6.24. The first-order chi connectivity index (χ1) is 9.83. The van der Waals surface area contributed by atoms with E-state index in [1.165, 1.54) is 4.88 Å². The van der Waals surface area contributed by atoms with Crippen molar-refractivity contribution in [2.24, 2.45) is 0 Å². The Balaban J connectivity index is 1.58. The summed E-state index contributed by atoms with van der Waals surface area (Å²) in [5.74, 6) is 0.143. The number of hydrogen-bond donors (Lipinski definition) is 1. The molecule has 0 radical (unpaired) electrons. The lowest BCUT2D eigenvalue weighted by Crippen LogP contribution is -2.34. The topological polar surface area (TPSA) is 39.3 Å². The van der Waals surface area contributed by atoms with Gasteiger partial charge in [0.25, 0.3) is 5.91 Å². The van der Waals surface area contributed by atoms with E-state index in [1.54, 1.807) is 23.7 Å². The quantitative estimate of drug-likeness (QED) is 0.942. The van der Waals surface area contributed by atoms with Gasteiger partial charge in [-0.3, -0.25) is 9.69 Å². The molecule has 106 valence electrons. The molecule has 2 aromatic heterocycles. The van der Waals surface area contributed by atoms with Gasteiger partial charge in [0.2, 0.25) is 0 Å². The van der Waals surface area contributed by atoms with Crippen LogP contribution in [0.25, 0.3) is 0 Å². The predicted molar refractivity (Wildman–Crippen MR) is 80.9 cm³/mol. The summed E-state index contributed by atoms with van der Waals surface area (Å²) in [5, 5.41) is 2.12. The Bertz CT molecular complexity index is 535. The lowest BCUT2D eigenvalue weighted by molar-refractivity contribution is 0.0761. The van der Waals surface area contributed by atoms with Crippen LogP contribution in [0.4, 0.5) is 0 Å². The van der Waals surface area contributed by atoms with E-state index < -0.39 is 0 Å². The van der Waals surface area contributed by atoms with E-state index in [1.807, 2.05) is 11.0 Å². The Morgan fingerprint density at radius 1 is 1.25 bits per heavy atom. The molecule has 0 unspecified atom stereocenters. The molecule has 1 N–H and O–H groups in total. The van der Waals surface area contributed by atoms with E-state index >= 15 is 0 Å². The molecule has 2 aromatic rings. The van der Waals surface area contributed by atoms with Crippen LogP contribution in [0.2, 0.25) is 0 Å². The standard InChI is InChI=1S/C15H19N3OS/c19-15(13-4-5-16-11-13)18-7-2-6-17(8-9-18)12-14-3-1-10-20-14/h1,3-5,10-11,16H,2,6-9,12H2. The Morgan fingerprint density at radius 3 is 2.95 bits per heavy atom. The number of carbonyl (C=O) groups excluding carboxylic acids is 1. The SMILES string of the molecule is O=C(c1cc[nH]c1)N1CCCN(Cc2cccs2)CC1. The number of nitrogens with one attached hydrogen (secondary N) is 1.